The van der Waals surface area contributed by atoms with E-state index in [2.05, 4.69) is 43.8 Å². The molecule has 3 aliphatic heterocycles. The van der Waals surface area contributed by atoms with Crippen molar-refractivity contribution in [3.63, 3.8) is 0 Å². The van der Waals surface area contributed by atoms with Gasteiger partial charge in [-0.25, -0.2) is 4.98 Å². The standard InChI is InChI=1S/C36H41N7O3/c1-39-17-25-20-41(21-26(25)18-39)27-10-11-34(37-16-27)38-30-14-24(19-40(2)35(30)45)28-7-5-9-32(29(28)22-44)43-13-12-42-31-8-4-3-6-23(31)15-33(42)36(43)46/h5,7,9-11,14-16,19,25-26,44H,3-4,6,8,12-13,17-18,20-22H2,1-2H3,(H,37,38). The molecule has 0 saturated carbocycles. The Morgan fingerprint density at radius 2 is 1.76 bits per heavy atom. The highest BCUT2D eigenvalue weighted by Crippen LogP contribution is 2.36. The Kier molecular flexibility index (Phi) is 7.21. The number of fused-ring (bicyclic) bond motifs is 4. The Labute approximate surface area is 268 Å². The Morgan fingerprint density at radius 1 is 0.957 bits per heavy atom. The number of aromatic nitrogens is 3. The fourth-order valence-electron chi connectivity index (χ4n) is 8.30. The van der Waals surface area contributed by atoms with Crippen molar-refractivity contribution in [3.05, 3.63) is 87.7 Å². The molecule has 8 rings (SSSR count). The van der Waals surface area contributed by atoms with Crippen LogP contribution in [0.15, 0.2) is 59.7 Å². The first-order valence-corrected chi connectivity index (χ1v) is 16.5. The minimum absolute atomic E-state index is 0.0330. The van der Waals surface area contributed by atoms with Gasteiger partial charge in [0.2, 0.25) is 0 Å². The number of hydrogen-bond acceptors (Lipinski definition) is 7. The van der Waals surface area contributed by atoms with Crippen LogP contribution in [0.2, 0.25) is 0 Å². The smallest absolute Gasteiger partial charge is 0.274 e. The number of nitrogens with zero attached hydrogens (tertiary/aromatic N) is 6. The molecule has 6 heterocycles. The molecule has 2 saturated heterocycles. The van der Waals surface area contributed by atoms with E-state index < -0.39 is 0 Å². The molecule has 4 aromatic rings. The van der Waals surface area contributed by atoms with Gasteiger partial charge in [0.25, 0.3) is 11.5 Å². The van der Waals surface area contributed by atoms with Gasteiger partial charge in [-0.3, -0.25) is 9.59 Å². The number of likely N-dealkylation sites (tertiary alicyclic amines) is 1. The van der Waals surface area contributed by atoms with E-state index >= 15 is 0 Å². The van der Waals surface area contributed by atoms with E-state index in [1.807, 2.05) is 36.5 Å². The summed E-state index contributed by atoms with van der Waals surface area (Å²) < 4.78 is 3.75. The molecule has 1 aromatic carbocycles. The van der Waals surface area contributed by atoms with E-state index in [1.54, 1.807) is 22.7 Å². The zero-order valence-electron chi connectivity index (χ0n) is 26.6. The van der Waals surface area contributed by atoms with Gasteiger partial charge in [0.15, 0.2) is 0 Å². The number of aryl methyl sites for hydroxylation is 2. The Bertz CT molecular complexity index is 1860. The van der Waals surface area contributed by atoms with Gasteiger partial charge in [-0.05, 0) is 86.0 Å². The van der Waals surface area contributed by atoms with Crippen molar-refractivity contribution in [3.8, 4) is 11.1 Å². The van der Waals surface area contributed by atoms with Gasteiger partial charge in [-0.1, -0.05) is 12.1 Å². The van der Waals surface area contributed by atoms with Crippen LogP contribution < -0.4 is 20.7 Å². The van der Waals surface area contributed by atoms with Crippen molar-refractivity contribution >= 4 is 28.8 Å². The molecule has 2 N–H and O–H groups in total. The molecule has 4 aliphatic rings. The maximum Gasteiger partial charge on any atom is 0.274 e. The third kappa shape index (κ3) is 4.91. The number of rotatable bonds is 6. The van der Waals surface area contributed by atoms with Crippen LogP contribution in [-0.4, -0.2) is 69.8 Å². The lowest BCUT2D eigenvalue weighted by Gasteiger charge is -2.31. The van der Waals surface area contributed by atoms with Crippen LogP contribution in [0.3, 0.4) is 0 Å². The largest absolute Gasteiger partial charge is 0.392 e. The Morgan fingerprint density at radius 3 is 2.52 bits per heavy atom. The number of benzene rings is 1. The second-order valence-corrected chi connectivity index (χ2v) is 13.5. The topological polar surface area (TPSA) is 98.9 Å². The highest BCUT2D eigenvalue weighted by Gasteiger charge is 2.38. The van der Waals surface area contributed by atoms with Gasteiger partial charge in [0.1, 0.15) is 17.2 Å². The minimum Gasteiger partial charge on any atom is -0.392 e. The average molecular weight is 620 g/mol. The van der Waals surface area contributed by atoms with Crippen LogP contribution in [0.4, 0.5) is 22.9 Å². The molecule has 2 unspecified atom stereocenters. The molecule has 2 fully saturated rings. The fraction of sp³-hybridized carbons (Fsp3) is 0.417. The molecular formula is C36H41N7O3. The number of nitrogens with one attached hydrogen (secondary N) is 1. The predicted octanol–water partition coefficient (Wildman–Crippen LogP) is 4.02. The molecule has 3 aromatic heterocycles. The quantitative estimate of drug-likeness (QED) is 0.337. The van der Waals surface area contributed by atoms with Crippen LogP contribution in [0.5, 0.6) is 0 Å². The number of aliphatic hydroxyl groups is 1. The van der Waals surface area contributed by atoms with E-state index in [0.717, 1.165) is 68.1 Å². The van der Waals surface area contributed by atoms with E-state index in [4.69, 9.17) is 0 Å². The summed E-state index contributed by atoms with van der Waals surface area (Å²) in [5, 5.41) is 13.9. The van der Waals surface area contributed by atoms with Gasteiger partial charge in [0, 0.05) is 69.3 Å². The highest BCUT2D eigenvalue weighted by molar-refractivity contribution is 6.07. The molecule has 10 nitrogen and oxygen atoms in total. The number of amides is 1. The maximum atomic E-state index is 13.8. The van der Waals surface area contributed by atoms with Gasteiger partial charge >= 0.3 is 0 Å². The summed E-state index contributed by atoms with van der Waals surface area (Å²) in [5.41, 5.74) is 7.58. The summed E-state index contributed by atoms with van der Waals surface area (Å²) in [4.78, 5) is 38.4. The minimum atomic E-state index is -0.240. The molecule has 1 aliphatic carbocycles. The molecular weight excluding hydrogens is 578 g/mol. The molecule has 1 amide bonds. The van der Waals surface area contributed by atoms with Crippen LogP contribution in [0.1, 0.15) is 40.2 Å². The number of carbonyl (C=O) groups excluding carboxylic acids is 1. The Balaban J connectivity index is 1.06. The van der Waals surface area contributed by atoms with E-state index in [0.29, 0.717) is 41.1 Å². The average Bonchev–Trinajstić information content (AvgIpc) is 3.75. The first kappa shape index (κ1) is 29.0. The third-order valence-corrected chi connectivity index (χ3v) is 10.6. The maximum absolute atomic E-state index is 13.8. The third-order valence-electron chi connectivity index (χ3n) is 10.6. The van der Waals surface area contributed by atoms with Gasteiger partial charge < -0.3 is 34.3 Å². The lowest BCUT2D eigenvalue weighted by molar-refractivity contribution is 0.0964. The summed E-state index contributed by atoms with van der Waals surface area (Å²) in [6, 6.07) is 13.6. The predicted molar refractivity (Wildman–Crippen MR) is 180 cm³/mol. The summed E-state index contributed by atoms with van der Waals surface area (Å²) in [6.07, 6.45) is 8.05. The molecule has 0 spiro atoms. The van der Waals surface area contributed by atoms with Gasteiger partial charge in [-0.2, -0.15) is 0 Å². The van der Waals surface area contributed by atoms with Crippen molar-refractivity contribution in [1.82, 2.24) is 19.0 Å². The second-order valence-electron chi connectivity index (χ2n) is 13.5. The van der Waals surface area contributed by atoms with Crippen molar-refractivity contribution in [2.45, 2.75) is 38.8 Å². The summed E-state index contributed by atoms with van der Waals surface area (Å²) in [6.45, 7) is 5.45. The Hall–Kier alpha value is -4.41. The van der Waals surface area contributed by atoms with E-state index in [1.165, 1.54) is 24.1 Å². The number of anilines is 4. The van der Waals surface area contributed by atoms with Crippen molar-refractivity contribution < 1.29 is 9.90 Å². The zero-order valence-corrected chi connectivity index (χ0v) is 26.6. The van der Waals surface area contributed by atoms with Gasteiger partial charge in [0.05, 0.1) is 24.2 Å². The molecule has 2 atom stereocenters. The molecule has 0 bridgehead atoms. The first-order valence-electron chi connectivity index (χ1n) is 16.5. The van der Waals surface area contributed by atoms with Crippen LogP contribution in [0, 0.1) is 11.8 Å². The second kappa shape index (κ2) is 11.4. The highest BCUT2D eigenvalue weighted by atomic mass is 16.3. The molecule has 10 heteroatoms. The number of hydrogen-bond donors (Lipinski definition) is 2. The summed E-state index contributed by atoms with van der Waals surface area (Å²) >= 11 is 0. The van der Waals surface area contributed by atoms with Crippen LogP contribution in [0.25, 0.3) is 11.1 Å². The van der Waals surface area contributed by atoms with Crippen molar-refractivity contribution in [2.24, 2.45) is 18.9 Å². The zero-order chi connectivity index (χ0) is 31.5. The summed E-state index contributed by atoms with van der Waals surface area (Å²) in [7, 11) is 3.92. The normalized spacial score (nSPS) is 21.0. The lowest BCUT2D eigenvalue weighted by Crippen LogP contribution is -2.41. The van der Waals surface area contributed by atoms with Crippen molar-refractivity contribution in [1.29, 1.82) is 0 Å². The fourth-order valence-corrected chi connectivity index (χ4v) is 8.30. The number of carbonyl (C=O) groups is 1. The van der Waals surface area contributed by atoms with E-state index in [-0.39, 0.29) is 18.1 Å². The molecule has 46 heavy (non-hydrogen) atoms. The number of aliphatic hydroxyl groups excluding tert-OH is 1. The molecule has 0 radical (unpaired) electrons. The van der Waals surface area contributed by atoms with Gasteiger partial charge in [-0.15, -0.1) is 0 Å². The lowest BCUT2D eigenvalue weighted by atomic mass is 9.98. The first-order chi connectivity index (χ1) is 22.4. The molecule has 238 valence electrons. The SMILES string of the molecule is CN1CC2CN(c3ccc(Nc4cc(-c5cccc(N6CCn7c(cc8c7CCCC8)C6=O)c5CO)cn(C)c4=O)nc3)CC2C1. The van der Waals surface area contributed by atoms with Crippen LogP contribution in [-0.2, 0) is 33.0 Å². The monoisotopic (exact) mass is 619 g/mol. The van der Waals surface area contributed by atoms with E-state index in [9.17, 15) is 14.7 Å². The number of pyridine rings is 2. The summed E-state index contributed by atoms with van der Waals surface area (Å²) in [5.74, 6) is 1.98. The van der Waals surface area contributed by atoms with Crippen molar-refractivity contribution in [2.75, 3.05) is 54.9 Å². The van der Waals surface area contributed by atoms with Crippen LogP contribution >= 0.6 is 0 Å².